The number of carbonyl (C=O) groups excluding carboxylic acids is 1. The summed E-state index contributed by atoms with van der Waals surface area (Å²) in [5.74, 6) is -1.34. The summed E-state index contributed by atoms with van der Waals surface area (Å²) in [6, 6.07) is 12.9. The van der Waals surface area contributed by atoms with Crippen LogP contribution in [0, 0.1) is 5.92 Å². The van der Waals surface area contributed by atoms with Crippen molar-refractivity contribution in [3.05, 3.63) is 46.9 Å². The molecule has 1 aromatic heterocycles. The number of halogens is 1. The van der Waals surface area contributed by atoms with E-state index in [1.54, 1.807) is 18.2 Å². The summed E-state index contributed by atoms with van der Waals surface area (Å²) in [5, 5.41) is 9.11. The lowest BCUT2D eigenvalue weighted by Gasteiger charge is -2.15. The van der Waals surface area contributed by atoms with Gasteiger partial charge in [-0.3, -0.25) is 9.59 Å². The van der Waals surface area contributed by atoms with Gasteiger partial charge >= 0.3 is 5.97 Å². The van der Waals surface area contributed by atoms with Crippen LogP contribution in [0.1, 0.15) is 6.42 Å². The van der Waals surface area contributed by atoms with Gasteiger partial charge in [0.25, 0.3) is 0 Å². The molecule has 0 unspecified atom stereocenters. The third-order valence-corrected chi connectivity index (χ3v) is 4.95. The number of carbonyl (C=O) groups is 2. The van der Waals surface area contributed by atoms with Crippen LogP contribution in [0.3, 0.4) is 0 Å². The zero-order chi connectivity index (χ0) is 17.6. The van der Waals surface area contributed by atoms with E-state index < -0.39 is 11.9 Å². The normalized spacial score (nSPS) is 17.4. The van der Waals surface area contributed by atoms with Gasteiger partial charge in [0.2, 0.25) is 11.8 Å². The molecule has 7 heteroatoms. The van der Waals surface area contributed by atoms with Gasteiger partial charge in [-0.25, -0.2) is 4.98 Å². The van der Waals surface area contributed by atoms with E-state index in [-0.39, 0.29) is 18.9 Å². The van der Waals surface area contributed by atoms with Crippen molar-refractivity contribution in [2.45, 2.75) is 6.42 Å². The van der Waals surface area contributed by atoms with E-state index in [1.807, 2.05) is 24.3 Å². The predicted octanol–water partition coefficient (Wildman–Crippen LogP) is 3.69. The number of rotatable bonds is 3. The zero-order valence-corrected chi connectivity index (χ0v) is 14.6. The van der Waals surface area contributed by atoms with Gasteiger partial charge in [-0.1, -0.05) is 12.1 Å². The van der Waals surface area contributed by atoms with Crippen molar-refractivity contribution in [1.29, 1.82) is 0 Å². The molecular formula is C18H13BrN2O4. The van der Waals surface area contributed by atoms with Gasteiger partial charge in [-0.2, -0.15) is 0 Å². The molecule has 1 fully saturated rings. The minimum absolute atomic E-state index is 0.0198. The Morgan fingerprint density at radius 3 is 2.80 bits per heavy atom. The molecule has 2 heterocycles. The van der Waals surface area contributed by atoms with Crippen LogP contribution < -0.4 is 4.90 Å². The van der Waals surface area contributed by atoms with Gasteiger partial charge < -0.3 is 14.4 Å². The van der Waals surface area contributed by atoms with Crippen molar-refractivity contribution in [3.8, 4) is 11.5 Å². The predicted molar refractivity (Wildman–Crippen MR) is 95.2 cm³/mol. The molecule has 126 valence electrons. The van der Waals surface area contributed by atoms with Gasteiger partial charge in [0, 0.05) is 29.2 Å². The molecule has 25 heavy (non-hydrogen) atoms. The van der Waals surface area contributed by atoms with Crippen molar-refractivity contribution >= 4 is 44.6 Å². The molecule has 1 saturated heterocycles. The number of amides is 1. The number of fused-ring (bicyclic) bond motifs is 1. The lowest BCUT2D eigenvalue weighted by atomic mass is 10.1. The Bertz CT molecular complexity index is 998. The summed E-state index contributed by atoms with van der Waals surface area (Å²) >= 11 is 3.48. The highest BCUT2D eigenvalue weighted by Crippen LogP contribution is 2.33. The third-order valence-electron chi connectivity index (χ3n) is 4.26. The first-order valence-electron chi connectivity index (χ1n) is 7.71. The maximum Gasteiger partial charge on any atom is 0.308 e. The monoisotopic (exact) mass is 400 g/mol. The fraction of sp³-hybridized carbons (Fsp3) is 0.167. The van der Waals surface area contributed by atoms with Gasteiger partial charge in [0.05, 0.1) is 11.5 Å². The van der Waals surface area contributed by atoms with Crippen molar-refractivity contribution in [3.63, 3.8) is 0 Å². The molecule has 0 spiro atoms. The van der Waals surface area contributed by atoms with E-state index in [4.69, 9.17) is 9.52 Å². The molecule has 2 aromatic carbocycles. The summed E-state index contributed by atoms with van der Waals surface area (Å²) in [4.78, 5) is 29.2. The summed E-state index contributed by atoms with van der Waals surface area (Å²) in [6.45, 7) is 0.172. The number of carboxylic acid groups (broad SMARTS) is 1. The van der Waals surface area contributed by atoms with Crippen molar-refractivity contribution < 1.29 is 19.1 Å². The van der Waals surface area contributed by atoms with Crippen molar-refractivity contribution in [1.82, 2.24) is 4.98 Å². The summed E-state index contributed by atoms with van der Waals surface area (Å²) < 4.78 is 6.73. The molecule has 1 aliphatic heterocycles. The van der Waals surface area contributed by atoms with Crippen LogP contribution in [0.2, 0.25) is 0 Å². The zero-order valence-electron chi connectivity index (χ0n) is 13.0. The first-order chi connectivity index (χ1) is 12.0. The average molecular weight is 401 g/mol. The number of aromatic nitrogens is 1. The van der Waals surface area contributed by atoms with E-state index in [0.717, 1.165) is 10.0 Å². The van der Waals surface area contributed by atoms with E-state index >= 15 is 0 Å². The fourth-order valence-electron chi connectivity index (χ4n) is 2.95. The molecule has 0 bridgehead atoms. The van der Waals surface area contributed by atoms with Crippen LogP contribution in [0.25, 0.3) is 22.6 Å². The SMILES string of the molecule is O=C(O)[C@@H]1CC(=O)N(c2ccc3nc(-c4ccccc4Br)oc3c2)C1. The number of aliphatic carboxylic acids is 1. The molecule has 1 atom stereocenters. The number of anilines is 1. The summed E-state index contributed by atoms with van der Waals surface area (Å²) in [5.41, 5.74) is 2.69. The van der Waals surface area contributed by atoms with Crippen LogP contribution in [-0.4, -0.2) is 28.5 Å². The first kappa shape index (κ1) is 15.8. The number of carboxylic acids is 1. The summed E-state index contributed by atoms with van der Waals surface area (Å²) in [7, 11) is 0. The standard InChI is InChI=1S/C18H13BrN2O4/c19-13-4-2-1-3-12(13)17-20-14-6-5-11(8-15(14)25-17)21-9-10(18(23)24)7-16(21)22/h1-6,8,10H,7,9H2,(H,23,24)/t10-/m1/s1. The highest BCUT2D eigenvalue weighted by Gasteiger charge is 2.35. The number of oxazole rings is 1. The van der Waals surface area contributed by atoms with E-state index in [9.17, 15) is 9.59 Å². The minimum atomic E-state index is -0.951. The van der Waals surface area contributed by atoms with Crippen LogP contribution >= 0.6 is 15.9 Å². The quantitative estimate of drug-likeness (QED) is 0.724. The average Bonchev–Trinajstić information content (AvgIpc) is 3.18. The lowest BCUT2D eigenvalue weighted by molar-refractivity contribution is -0.141. The molecular weight excluding hydrogens is 388 g/mol. The van der Waals surface area contributed by atoms with E-state index in [1.165, 1.54) is 4.90 Å². The smallest absolute Gasteiger partial charge is 0.308 e. The largest absolute Gasteiger partial charge is 0.481 e. The number of benzene rings is 2. The molecule has 3 aromatic rings. The molecule has 1 N–H and O–H groups in total. The molecule has 4 rings (SSSR count). The second-order valence-electron chi connectivity index (χ2n) is 5.89. The van der Waals surface area contributed by atoms with E-state index in [0.29, 0.717) is 22.7 Å². The van der Waals surface area contributed by atoms with E-state index in [2.05, 4.69) is 20.9 Å². The number of nitrogens with zero attached hydrogens (tertiary/aromatic N) is 2. The Morgan fingerprint density at radius 2 is 2.08 bits per heavy atom. The fourth-order valence-corrected chi connectivity index (χ4v) is 3.41. The molecule has 0 saturated carbocycles. The third kappa shape index (κ3) is 2.80. The Balaban J connectivity index is 1.71. The Kier molecular flexibility index (Phi) is 3.80. The Morgan fingerprint density at radius 1 is 1.28 bits per heavy atom. The van der Waals surface area contributed by atoms with Crippen molar-refractivity contribution in [2.24, 2.45) is 5.92 Å². The number of hydrogen-bond donors (Lipinski definition) is 1. The topological polar surface area (TPSA) is 83.6 Å². The summed E-state index contributed by atoms with van der Waals surface area (Å²) in [6.07, 6.45) is 0.0198. The first-order valence-corrected chi connectivity index (χ1v) is 8.51. The van der Waals surface area contributed by atoms with Gasteiger partial charge in [0.1, 0.15) is 5.52 Å². The Labute approximate surface area is 151 Å². The second kappa shape index (κ2) is 6.00. The van der Waals surface area contributed by atoms with Crippen LogP contribution in [0.4, 0.5) is 5.69 Å². The van der Waals surface area contributed by atoms with Crippen LogP contribution in [0.5, 0.6) is 0 Å². The highest BCUT2D eigenvalue weighted by atomic mass is 79.9. The van der Waals surface area contributed by atoms with Gasteiger partial charge in [0.15, 0.2) is 5.58 Å². The molecule has 0 aliphatic carbocycles. The maximum atomic E-state index is 12.1. The lowest BCUT2D eigenvalue weighted by Crippen LogP contribution is -2.25. The van der Waals surface area contributed by atoms with Crippen molar-refractivity contribution in [2.75, 3.05) is 11.4 Å². The molecule has 1 aliphatic rings. The Hall–Kier alpha value is -2.67. The number of hydrogen-bond acceptors (Lipinski definition) is 4. The van der Waals surface area contributed by atoms with Gasteiger partial charge in [-0.05, 0) is 40.2 Å². The molecule has 0 radical (unpaired) electrons. The maximum absolute atomic E-state index is 12.1. The molecule has 1 amide bonds. The minimum Gasteiger partial charge on any atom is -0.481 e. The van der Waals surface area contributed by atoms with Crippen LogP contribution in [-0.2, 0) is 9.59 Å². The highest BCUT2D eigenvalue weighted by molar-refractivity contribution is 9.10. The molecule has 6 nitrogen and oxygen atoms in total. The van der Waals surface area contributed by atoms with Crippen LogP contribution in [0.15, 0.2) is 51.4 Å². The van der Waals surface area contributed by atoms with Gasteiger partial charge in [-0.15, -0.1) is 0 Å². The second-order valence-corrected chi connectivity index (χ2v) is 6.75.